The van der Waals surface area contributed by atoms with Gasteiger partial charge in [0.25, 0.3) is 5.91 Å². The van der Waals surface area contributed by atoms with Gasteiger partial charge in [-0.2, -0.15) is 5.10 Å². The van der Waals surface area contributed by atoms with Crippen LogP contribution in [0, 0.1) is 12.8 Å². The summed E-state index contributed by atoms with van der Waals surface area (Å²) in [6, 6.07) is 1.73. The largest absolute Gasteiger partial charge is 0.409 e. The van der Waals surface area contributed by atoms with E-state index in [1.54, 1.807) is 31.8 Å². The molecule has 0 aromatic carbocycles. The highest BCUT2D eigenvalue weighted by Crippen LogP contribution is 2.07. The summed E-state index contributed by atoms with van der Waals surface area (Å²) in [5.41, 5.74) is 6.79. The van der Waals surface area contributed by atoms with E-state index >= 15 is 0 Å². The van der Waals surface area contributed by atoms with Crippen LogP contribution in [0.4, 0.5) is 0 Å². The molecule has 1 unspecified atom stereocenters. The Bertz CT molecular complexity index is 466. The Balaban J connectivity index is 2.76. The van der Waals surface area contributed by atoms with Gasteiger partial charge in [0.05, 0.1) is 5.69 Å². The van der Waals surface area contributed by atoms with Crippen molar-refractivity contribution in [2.24, 2.45) is 23.9 Å². The number of oxime groups is 1. The summed E-state index contributed by atoms with van der Waals surface area (Å²) in [5.74, 6) is -0.246. The van der Waals surface area contributed by atoms with Crippen molar-refractivity contribution >= 4 is 11.7 Å². The molecule has 7 nitrogen and oxygen atoms in total. The van der Waals surface area contributed by atoms with Gasteiger partial charge in [0, 0.05) is 26.6 Å². The van der Waals surface area contributed by atoms with Crippen LogP contribution in [0.5, 0.6) is 0 Å². The SMILES string of the molecule is Cc1cc(C(=O)N(C)CC(C)C(N)=NO)n(C)n1. The van der Waals surface area contributed by atoms with E-state index in [-0.39, 0.29) is 17.7 Å². The first-order valence-electron chi connectivity index (χ1n) is 5.60. The van der Waals surface area contributed by atoms with Gasteiger partial charge in [-0.15, -0.1) is 0 Å². The van der Waals surface area contributed by atoms with Gasteiger partial charge in [0.2, 0.25) is 0 Å². The zero-order valence-electron chi connectivity index (χ0n) is 11.1. The highest BCUT2D eigenvalue weighted by Gasteiger charge is 2.19. The summed E-state index contributed by atoms with van der Waals surface area (Å²) >= 11 is 0. The highest BCUT2D eigenvalue weighted by atomic mass is 16.4. The van der Waals surface area contributed by atoms with Crippen molar-refractivity contribution in [1.29, 1.82) is 0 Å². The monoisotopic (exact) mass is 253 g/mol. The molecular weight excluding hydrogens is 234 g/mol. The van der Waals surface area contributed by atoms with E-state index < -0.39 is 0 Å². The Morgan fingerprint density at radius 2 is 2.33 bits per heavy atom. The van der Waals surface area contributed by atoms with Crippen molar-refractivity contribution in [3.63, 3.8) is 0 Å². The lowest BCUT2D eigenvalue weighted by Gasteiger charge is -2.20. The summed E-state index contributed by atoms with van der Waals surface area (Å²) < 4.78 is 1.54. The van der Waals surface area contributed by atoms with Crippen LogP contribution in [-0.2, 0) is 7.05 Å². The predicted octanol–water partition coefficient (Wildman–Crippen LogP) is 0.183. The number of nitrogens with zero attached hydrogens (tertiary/aromatic N) is 4. The van der Waals surface area contributed by atoms with Crippen molar-refractivity contribution in [3.8, 4) is 0 Å². The average molecular weight is 253 g/mol. The molecule has 0 saturated heterocycles. The minimum absolute atomic E-state index is 0.107. The molecule has 1 amide bonds. The Morgan fingerprint density at radius 1 is 1.72 bits per heavy atom. The lowest BCUT2D eigenvalue weighted by molar-refractivity contribution is 0.0775. The van der Waals surface area contributed by atoms with Gasteiger partial charge in [0.15, 0.2) is 0 Å². The summed E-state index contributed by atoms with van der Waals surface area (Å²) in [6.45, 7) is 3.99. The molecule has 0 saturated carbocycles. The highest BCUT2D eigenvalue weighted by molar-refractivity contribution is 5.93. The van der Waals surface area contributed by atoms with Crippen LogP contribution in [0.2, 0.25) is 0 Å². The van der Waals surface area contributed by atoms with Gasteiger partial charge in [-0.25, -0.2) is 0 Å². The van der Waals surface area contributed by atoms with Crippen molar-refractivity contribution in [2.75, 3.05) is 13.6 Å². The van der Waals surface area contributed by atoms with Gasteiger partial charge in [-0.3, -0.25) is 9.48 Å². The molecule has 100 valence electrons. The molecule has 18 heavy (non-hydrogen) atoms. The molecule has 0 spiro atoms. The fraction of sp³-hybridized carbons (Fsp3) is 0.545. The number of carbonyl (C=O) groups is 1. The number of aromatic nitrogens is 2. The Kier molecular flexibility index (Phi) is 4.30. The number of rotatable bonds is 4. The smallest absolute Gasteiger partial charge is 0.271 e. The second-order valence-corrected chi connectivity index (χ2v) is 4.41. The van der Waals surface area contributed by atoms with E-state index in [2.05, 4.69) is 10.3 Å². The van der Waals surface area contributed by atoms with E-state index in [1.807, 2.05) is 6.92 Å². The lowest BCUT2D eigenvalue weighted by Crippen LogP contribution is -2.37. The first-order chi connectivity index (χ1) is 8.36. The van der Waals surface area contributed by atoms with Crippen LogP contribution in [0.15, 0.2) is 11.2 Å². The molecule has 0 radical (unpaired) electrons. The van der Waals surface area contributed by atoms with Crippen LogP contribution in [0.3, 0.4) is 0 Å². The first-order valence-corrected chi connectivity index (χ1v) is 5.60. The molecule has 1 heterocycles. The van der Waals surface area contributed by atoms with Gasteiger partial charge in [-0.05, 0) is 13.0 Å². The Hall–Kier alpha value is -2.05. The predicted molar refractivity (Wildman–Crippen MR) is 67.5 cm³/mol. The third kappa shape index (κ3) is 2.99. The van der Waals surface area contributed by atoms with E-state index in [1.165, 1.54) is 4.90 Å². The second kappa shape index (κ2) is 5.52. The third-order valence-corrected chi connectivity index (χ3v) is 2.74. The number of carbonyl (C=O) groups excluding carboxylic acids is 1. The average Bonchev–Trinajstić information content (AvgIpc) is 2.66. The fourth-order valence-electron chi connectivity index (χ4n) is 1.69. The van der Waals surface area contributed by atoms with Crippen molar-refractivity contribution in [1.82, 2.24) is 14.7 Å². The maximum Gasteiger partial charge on any atom is 0.271 e. The molecular formula is C11H19N5O2. The molecule has 1 rings (SSSR count). The molecule has 0 fully saturated rings. The van der Waals surface area contributed by atoms with Gasteiger partial charge < -0.3 is 15.8 Å². The van der Waals surface area contributed by atoms with Crippen LogP contribution in [0.1, 0.15) is 23.1 Å². The number of hydrogen-bond acceptors (Lipinski definition) is 4. The summed E-state index contributed by atoms with van der Waals surface area (Å²) in [6.07, 6.45) is 0. The number of amidine groups is 1. The standard InChI is InChI=1S/C11H19N5O2/c1-7(10(12)14-18)6-15(3)11(17)9-5-8(2)13-16(9)4/h5,7,18H,6H2,1-4H3,(H2,12,14). The number of nitrogens with two attached hydrogens (primary N) is 1. The van der Waals surface area contributed by atoms with E-state index in [0.29, 0.717) is 12.2 Å². The van der Waals surface area contributed by atoms with Gasteiger partial charge in [-0.1, -0.05) is 12.1 Å². The second-order valence-electron chi connectivity index (χ2n) is 4.41. The maximum absolute atomic E-state index is 12.1. The minimum Gasteiger partial charge on any atom is -0.409 e. The molecule has 3 N–H and O–H groups in total. The van der Waals surface area contributed by atoms with Crippen LogP contribution >= 0.6 is 0 Å². The third-order valence-electron chi connectivity index (χ3n) is 2.74. The minimum atomic E-state index is -0.210. The lowest BCUT2D eigenvalue weighted by atomic mass is 10.1. The zero-order valence-corrected chi connectivity index (χ0v) is 11.1. The Morgan fingerprint density at radius 3 is 2.78 bits per heavy atom. The van der Waals surface area contributed by atoms with E-state index in [4.69, 9.17) is 10.9 Å². The van der Waals surface area contributed by atoms with E-state index in [0.717, 1.165) is 5.69 Å². The molecule has 1 aromatic heterocycles. The molecule has 0 aliphatic carbocycles. The molecule has 0 bridgehead atoms. The summed E-state index contributed by atoms with van der Waals surface area (Å²) in [4.78, 5) is 13.7. The molecule has 0 aliphatic heterocycles. The van der Waals surface area contributed by atoms with Crippen LogP contribution in [-0.4, -0.2) is 45.2 Å². The number of hydrogen-bond donors (Lipinski definition) is 2. The molecule has 0 aliphatic rings. The summed E-state index contributed by atoms with van der Waals surface area (Å²) in [7, 11) is 3.40. The van der Waals surface area contributed by atoms with Crippen molar-refractivity contribution in [3.05, 3.63) is 17.5 Å². The Labute approximate surface area is 106 Å². The van der Waals surface area contributed by atoms with Crippen molar-refractivity contribution in [2.45, 2.75) is 13.8 Å². The molecule has 1 aromatic rings. The normalized spacial score (nSPS) is 13.4. The van der Waals surface area contributed by atoms with E-state index in [9.17, 15) is 4.79 Å². The topological polar surface area (TPSA) is 96.7 Å². The maximum atomic E-state index is 12.1. The fourth-order valence-corrected chi connectivity index (χ4v) is 1.69. The van der Waals surface area contributed by atoms with Crippen LogP contribution < -0.4 is 5.73 Å². The quantitative estimate of drug-likeness (QED) is 0.346. The molecule has 7 heteroatoms. The molecule has 1 atom stereocenters. The first kappa shape index (κ1) is 14.0. The van der Waals surface area contributed by atoms with Gasteiger partial charge >= 0.3 is 0 Å². The number of aryl methyl sites for hydroxylation is 2. The van der Waals surface area contributed by atoms with Crippen LogP contribution in [0.25, 0.3) is 0 Å². The number of amides is 1. The summed E-state index contributed by atoms with van der Waals surface area (Å²) in [5, 5.41) is 15.6. The van der Waals surface area contributed by atoms with Gasteiger partial charge in [0.1, 0.15) is 11.5 Å². The zero-order chi connectivity index (χ0) is 13.9. The van der Waals surface area contributed by atoms with Crippen molar-refractivity contribution < 1.29 is 10.0 Å².